The fourth-order valence-electron chi connectivity index (χ4n) is 5.75. The number of nitriles is 1. The number of rotatable bonds is 8. The van der Waals surface area contributed by atoms with E-state index in [2.05, 4.69) is 66.1 Å². The van der Waals surface area contributed by atoms with Crippen LogP contribution in [0.1, 0.15) is 92.8 Å². The zero-order valence-electron chi connectivity index (χ0n) is 23.0. The number of amides is 1. The van der Waals surface area contributed by atoms with Crippen LogP contribution in [0.4, 0.5) is 5.00 Å². The molecule has 0 saturated heterocycles. The molecule has 0 radical (unpaired) electrons. The molecule has 1 amide bonds. The lowest BCUT2D eigenvalue weighted by atomic mass is 9.69. The number of anilines is 1. The normalized spacial score (nSPS) is 17.2. The number of fused-ring (bicyclic) bond motifs is 2. The largest absolute Gasteiger partial charge is 0.316 e. The number of thioether (sulfide) groups is 1. The summed E-state index contributed by atoms with van der Waals surface area (Å²) in [6, 6.07) is 2.56. The van der Waals surface area contributed by atoms with Crippen LogP contribution in [-0.4, -0.2) is 26.4 Å². The molecular formula is C29H37N5OS3. The number of nitrogens with one attached hydrogen (secondary N) is 1. The molecule has 2 aliphatic rings. The van der Waals surface area contributed by atoms with Crippen LogP contribution in [0.25, 0.3) is 11.4 Å². The Morgan fingerprint density at radius 3 is 2.76 bits per heavy atom. The highest BCUT2D eigenvalue weighted by Crippen LogP contribution is 2.45. The Morgan fingerprint density at radius 2 is 2.03 bits per heavy atom. The third-order valence-corrected chi connectivity index (χ3v) is 11.7. The minimum Gasteiger partial charge on any atom is -0.316 e. The summed E-state index contributed by atoms with van der Waals surface area (Å²) in [4.78, 5) is 15.8. The summed E-state index contributed by atoms with van der Waals surface area (Å²) in [7, 11) is 0. The summed E-state index contributed by atoms with van der Waals surface area (Å²) in [6.07, 6.45) is 8.90. The Bertz CT molecular complexity index is 1370. The van der Waals surface area contributed by atoms with E-state index in [1.807, 2.05) is 11.3 Å². The van der Waals surface area contributed by atoms with E-state index in [9.17, 15) is 10.1 Å². The zero-order chi connectivity index (χ0) is 27.0. The first kappa shape index (κ1) is 27.4. The summed E-state index contributed by atoms with van der Waals surface area (Å²) in [6.45, 7) is 11.2. The van der Waals surface area contributed by atoms with Gasteiger partial charge in [0.1, 0.15) is 11.1 Å². The summed E-state index contributed by atoms with van der Waals surface area (Å²) in [5.74, 6) is 1.63. The first-order valence-electron chi connectivity index (χ1n) is 13.7. The van der Waals surface area contributed by atoms with E-state index in [-0.39, 0.29) is 23.1 Å². The van der Waals surface area contributed by atoms with Gasteiger partial charge in [-0.15, -0.1) is 32.9 Å². The SMILES string of the molecule is CCC(C)(C)C1CCc2c(sc(NC(=O)CSc3nnc(-c4csc5c4CCCC5)n3C(C)C)c2C#N)C1. The van der Waals surface area contributed by atoms with Gasteiger partial charge < -0.3 is 5.32 Å². The number of hydrogen-bond acceptors (Lipinski definition) is 7. The van der Waals surface area contributed by atoms with Gasteiger partial charge in [-0.2, -0.15) is 5.26 Å². The number of nitrogens with zero attached hydrogens (tertiary/aromatic N) is 4. The summed E-state index contributed by atoms with van der Waals surface area (Å²) in [5, 5.41) is 25.7. The highest BCUT2D eigenvalue weighted by atomic mass is 32.2. The highest BCUT2D eigenvalue weighted by molar-refractivity contribution is 7.99. The van der Waals surface area contributed by atoms with Crippen LogP contribution in [0.5, 0.6) is 0 Å². The number of carbonyl (C=O) groups is 1. The molecular weight excluding hydrogens is 531 g/mol. The molecule has 3 aromatic heterocycles. The number of thiophene rings is 2. The van der Waals surface area contributed by atoms with Crippen molar-refractivity contribution in [1.29, 1.82) is 5.26 Å². The van der Waals surface area contributed by atoms with Crippen molar-refractivity contribution < 1.29 is 4.79 Å². The zero-order valence-corrected chi connectivity index (χ0v) is 25.5. The van der Waals surface area contributed by atoms with E-state index >= 15 is 0 Å². The molecule has 1 N–H and O–H groups in total. The Balaban J connectivity index is 1.30. The van der Waals surface area contributed by atoms with Gasteiger partial charge in [0, 0.05) is 26.7 Å². The fraction of sp³-hybridized carbons (Fsp3) is 0.586. The quantitative estimate of drug-likeness (QED) is 0.282. The second-order valence-electron chi connectivity index (χ2n) is 11.5. The van der Waals surface area contributed by atoms with Crippen molar-refractivity contribution in [3.8, 4) is 17.5 Å². The van der Waals surface area contributed by atoms with Crippen LogP contribution in [0.3, 0.4) is 0 Å². The lowest BCUT2D eigenvalue weighted by molar-refractivity contribution is -0.113. The van der Waals surface area contributed by atoms with Crippen LogP contribution in [0, 0.1) is 22.7 Å². The van der Waals surface area contributed by atoms with Gasteiger partial charge in [-0.1, -0.05) is 39.0 Å². The first-order chi connectivity index (χ1) is 18.2. The molecule has 0 bridgehead atoms. The predicted molar refractivity (Wildman–Crippen MR) is 158 cm³/mol. The van der Waals surface area contributed by atoms with Crippen molar-refractivity contribution in [2.75, 3.05) is 11.1 Å². The molecule has 3 aromatic rings. The lowest BCUT2D eigenvalue weighted by Crippen LogP contribution is -2.28. The van der Waals surface area contributed by atoms with Gasteiger partial charge in [0.2, 0.25) is 5.91 Å². The molecule has 0 fully saturated rings. The van der Waals surface area contributed by atoms with Gasteiger partial charge in [-0.3, -0.25) is 9.36 Å². The van der Waals surface area contributed by atoms with E-state index < -0.39 is 0 Å². The molecule has 3 heterocycles. The van der Waals surface area contributed by atoms with E-state index in [1.165, 1.54) is 45.5 Å². The lowest BCUT2D eigenvalue weighted by Gasteiger charge is -2.36. The molecule has 0 saturated carbocycles. The topological polar surface area (TPSA) is 83.6 Å². The minimum atomic E-state index is -0.108. The monoisotopic (exact) mass is 567 g/mol. The van der Waals surface area contributed by atoms with Crippen molar-refractivity contribution >= 4 is 45.3 Å². The standard InChI is InChI=1S/C29H37N5OS3/c1-6-29(4,5)18-11-12-20-21(14-30)27(38-24(20)13-18)31-25(35)16-37-28-33-32-26(34(28)17(2)3)22-15-36-23-10-8-7-9-19(22)23/h15,17-18H,6-13,16H2,1-5H3,(H,31,35). The Morgan fingerprint density at radius 1 is 1.24 bits per heavy atom. The molecule has 9 heteroatoms. The molecule has 6 nitrogen and oxygen atoms in total. The van der Waals surface area contributed by atoms with Gasteiger partial charge in [-0.05, 0) is 81.3 Å². The van der Waals surface area contributed by atoms with E-state index in [1.54, 1.807) is 11.3 Å². The average molecular weight is 568 g/mol. The molecule has 5 rings (SSSR count). The Kier molecular flexibility index (Phi) is 8.04. The van der Waals surface area contributed by atoms with Crippen molar-refractivity contribution in [3.05, 3.63) is 31.8 Å². The van der Waals surface area contributed by atoms with Crippen molar-refractivity contribution in [2.45, 2.75) is 97.2 Å². The highest BCUT2D eigenvalue weighted by Gasteiger charge is 2.34. The molecule has 0 spiro atoms. The van der Waals surface area contributed by atoms with Crippen LogP contribution in [0.2, 0.25) is 0 Å². The maximum absolute atomic E-state index is 13.1. The van der Waals surface area contributed by atoms with Crippen molar-refractivity contribution in [3.63, 3.8) is 0 Å². The van der Waals surface area contributed by atoms with Crippen LogP contribution >= 0.6 is 34.4 Å². The average Bonchev–Trinajstić information content (AvgIpc) is 3.61. The van der Waals surface area contributed by atoms with Crippen molar-refractivity contribution in [2.24, 2.45) is 11.3 Å². The molecule has 202 valence electrons. The number of aromatic nitrogens is 3. The summed E-state index contributed by atoms with van der Waals surface area (Å²) >= 11 is 4.85. The van der Waals surface area contributed by atoms with E-state index in [0.29, 0.717) is 16.5 Å². The minimum absolute atomic E-state index is 0.108. The van der Waals surface area contributed by atoms with Gasteiger partial charge in [0.05, 0.1) is 11.3 Å². The van der Waals surface area contributed by atoms with Gasteiger partial charge in [0.25, 0.3) is 0 Å². The van der Waals surface area contributed by atoms with Gasteiger partial charge in [0.15, 0.2) is 11.0 Å². The van der Waals surface area contributed by atoms with Crippen LogP contribution in [-0.2, 0) is 30.5 Å². The molecule has 2 aliphatic carbocycles. The van der Waals surface area contributed by atoms with Gasteiger partial charge in [-0.25, -0.2) is 0 Å². The van der Waals surface area contributed by atoms with E-state index in [4.69, 9.17) is 0 Å². The number of hydrogen-bond donors (Lipinski definition) is 1. The predicted octanol–water partition coefficient (Wildman–Crippen LogP) is 7.67. The maximum atomic E-state index is 13.1. The third-order valence-electron chi connectivity index (χ3n) is 8.46. The van der Waals surface area contributed by atoms with Crippen LogP contribution < -0.4 is 5.32 Å². The molecule has 1 atom stereocenters. The Labute approximate surface area is 238 Å². The second-order valence-corrected chi connectivity index (χ2v) is 14.5. The smallest absolute Gasteiger partial charge is 0.235 e. The third kappa shape index (κ3) is 5.20. The second kappa shape index (κ2) is 11.1. The van der Waals surface area contributed by atoms with E-state index in [0.717, 1.165) is 55.1 Å². The summed E-state index contributed by atoms with van der Waals surface area (Å²) < 4.78 is 2.16. The number of carbonyl (C=O) groups excluding carboxylic acids is 1. The molecule has 0 aliphatic heterocycles. The fourth-order valence-corrected chi connectivity index (χ4v) is 9.03. The number of aryl methyl sites for hydroxylation is 1. The first-order valence-corrected chi connectivity index (χ1v) is 16.4. The molecule has 1 unspecified atom stereocenters. The van der Waals surface area contributed by atoms with Crippen LogP contribution in [0.15, 0.2) is 10.5 Å². The Hall–Kier alpha value is -2.15. The van der Waals surface area contributed by atoms with Gasteiger partial charge >= 0.3 is 0 Å². The molecule has 0 aromatic carbocycles. The maximum Gasteiger partial charge on any atom is 0.235 e. The van der Waals surface area contributed by atoms with Crippen molar-refractivity contribution in [1.82, 2.24) is 14.8 Å². The molecule has 38 heavy (non-hydrogen) atoms. The summed E-state index contributed by atoms with van der Waals surface area (Å²) in [5.41, 5.74) is 4.72.